The maximum absolute atomic E-state index is 15.3. The second kappa shape index (κ2) is 11.9. The monoisotopic (exact) mass is 703 g/mol. The van der Waals surface area contributed by atoms with Crippen LogP contribution in [-0.4, -0.2) is 40.8 Å². The van der Waals surface area contributed by atoms with Gasteiger partial charge in [-0.25, -0.2) is 4.90 Å². The summed E-state index contributed by atoms with van der Waals surface area (Å²) in [5.74, 6) is -6.17. The van der Waals surface area contributed by atoms with Gasteiger partial charge in [-0.3, -0.25) is 34.2 Å². The number of benzene rings is 4. The second-order valence-corrected chi connectivity index (χ2v) is 13.7. The van der Waals surface area contributed by atoms with Crippen molar-refractivity contribution in [1.29, 1.82) is 0 Å². The number of halogens is 1. The molecule has 2 aliphatic heterocycles. The van der Waals surface area contributed by atoms with Crippen LogP contribution in [0.2, 0.25) is 5.02 Å². The van der Waals surface area contributed by atoms with Crippen LogP contribution >= 0.6 is 11.6 Å². The Morgan fingerprint density at radius 3 is 2.25 bits per heavy atom. The molecule has 0 unspecified atom stereocenters. The number of hydrogen-bond donors (Lipinski definition) is 1. The van der Waals surface area contributed by atoms with E-state index in [-0.39, 0.29) is 35.7 Å². The van der Waals surface area contributed by atoms with Crippen molar-refractivity contribution < 1.29 is 33.9 Å². The molecule has 11 nitrogen and oxygen atoms in total. The summed E-state index contributed by atoms with van der Waals surface area (Å²) in [4.78, 5) is 71.6. The quantitative estimate of drug-likeness (QED) is 0.106. The third-order valence-corrected chi connectivity index (χ3v) is 11.3. The highest BCUT2D eigenvalue weighted by Crippen LogP contribution is 2.66. The Labute approximate surface area is 296 Å². The molecule has 0 aromatic heterocycles. The summed E-state index contributed by atoms with van der Waals surface area (Å²) in [7, 11) is 1.46. The van der Waals surface area contributed by atoms with Gasteiger partial charge in [0.05, 0.1) is 46.6 Å². The second-order valence-electron chi connectivity index (χ2n) is 13.3. The summed E-state index contributed by atoms with van der Waals surface area (Å²) in [6.45, 7) is 0. The summed E-state index contributed by atoms with van der Waals surface area (Å²) in [6, 6.07) is 25.5. The summed E-state index contributed by atoms with van der Waals surface area (Å²) < 4.78 is 5.81. The molecule has 4 amide bonds. The first-order valence-electron chi connectivity index (χ1n) is 16.5. The number of nitro groups is 1. The minimum absolute atomic E-state index is 0.0586. The van der Waals surface area contributed by atoms with E-state index in [1.807, 2.05) is 12.1 Å². The third kappa shape index (κ3) is 4.57. The SMILES string of the molecule is COc1cccc(O)c1[C@H]1C2=CC[C@@H]3C(=O)N(c4ccc([N+](=O)[O-])cc4)C(=O)[C@@H]3[C@@H]2C[C@H]2C(=O)N(c3cccc(Cl)c3)C(=O)[C@@]12c1ccccc1. The molecule has 51 heavy (non-hydrogen) atoms. The van der Waals surface area contributed by atoms with Gasteiger partial charge in [-0.2, -0.15) is 0 Å². The van der Waals surface area contributed by atoms with Crippen LogP contribution in [0.25, 0.3) is 0 Å². The van der Waals surface area contributed by atoms with Crippen LogP contribution in [0.1, 0.15) is 29.9 Å². The molecule has 2 saturated heterocycles. The summed E-state index contributed by atoms with van der Waals surface area (Å²) in [5, 5.41) is 23.3. The molecule has 0 spiro atoms. The number of phenols is 1. The molecule has 2 aliphatic carbocycles. The highest BCUT2D eigenvalue weighted by Gasteiger charge is 2.71. The highest BCUT2D eigenvalue weighted by molar-refractivity contribution is 6.32. The van der Waals surface area contributed by atoms with Crippen LogP contribution in [0.15, 0.2) is 109 Å². The Hall–Kier alpha value is -5.81. The number of ether oxygens (including phenoxy) is 1. The molecule has 0 bridgehead atoms. The number of rotatable bonds is 6. The van der Waals surface area contributed by atoms with Crippen molar-refractivity contribution in [2.75, 3.05) is 16.9 Å². The van der Waals surface area contributed by atoms with Gasteiger partial charge >= 0.3 is 0 Å². The fraction of sp³-hybridized carbons (Fsp3) is 0.231. The molecular formula is C39H30ClN3O8. The minimum Gasteiger partial charge on any atom is -0.508 e. The lowest BCUT2D eigenvalue weighted by atomic mass is 9.49. The first-order chi connectivity index (χ1) is 24.6. The summed E-state index contributed by atoms with van der Waals surface area (Å²) >= 11 is 6.37. The van der Waals surface area contributed by atoms with Gasteiger partial charge in [-0.1, -0.05) is 65.7 Å². The van der Waals surface area contributed by atoms with E-state index in [2.05, 4.69) is 0 Å². The van der Waals surface area contributed by atoms with E-state index >= 15 is 4.79 Å². The molecule has 4 aromatic carbocycles. The van der Waals surface area contributed by atoms with Gasteiger partial charge in [0.1, 0.15) is 11.5 Å². The lowest BCUT2D eigenvalue weighted by molar-refractivity contribution is -0.384. The fourth-order valence-electron chi connectivity index (χ4n) is 9.04. The minimum atomic E-state index is -1.59. The number of non-ortho nitro benzene ring substituents is 1. The van der Waals surface area contributed by atoms with E-state index in [0.29, 0.717) is 27.5 Å². The Bertz CT molecular complexity index is 2190. The Morgan fingerprint density at radius 1 is 0.843 bits per heavy atom. The number of aromatic hydroxyl groups is 1. The van der Waals surface area contributed by atoms with Crippen molar-refractivity contribution >= 4 is 52.3 Å². The average Bonchev–Trinajstić information content (AvgIpc) is 3.52. The number of nitro benzene ring substituents is 1. The molecule has 2 heterocycles. The molecule has 6 atom stereocenters. The molecule has 1 N–H and O–H groups in total. The zero-order valence-corrected chi connectivity index (χ0v) is 27.9. The van der Waals surface area contributed by atoms with Gasteiger partial charge in [0.2, 0.25) is 23.6 Å². The number of anilines is 2. The molecule has 3 fully saturated rings. The number of phenolic OH excluding ortho intramolecular Hbond substituents is 1. The number of imide groups is 2. The number of carbonyl (C=O) groups excluding carboxylic acids is 4. The van der Waals surface area contributed by atoms with Crippen LogP contribution in [0.4, 0.5) is 17.1 Å². The maximum Gasteiger partial charge on any atom is 0.269 e. The molecule has 0 radical (unpaired) electrons. The van der Waals surface area contributed by atoms with Crippen LogP contribution in [-0.2, 0) is 24.6 Å². The van der Waals surface area contributed by atoms with Gasteiger partial charge in [-0.05, 0) is 66.8 Å². The number of methoxy groups -OCH3 is 1. The predicted octanol–water partition coefficient (Wildman–Crippen LogP) is 6.33. The molecule has 4 aliphatic rings. The molecular weight excluding hydrogens is 674 g/mol. The van der Waals surface area contributed by atoms with Gasteiger partial charge in [0.15, 0.2) is 0 Å². The molecule has 256 valence electrons. The van der Waals surface area contributed by atoms with E-state index < -0.39 is 63.6 Å². The highest BCUT2D eigenvalue weighted by atomic mass is 35.5. The van der Waals surface area contributed by atoms with E-state index in [1.165, 1.54) is 37.4 Å². The largest absolute Gasteiger partial charge is 0.508 e. The summed E-state index contributed by atoms with van der Waals surface area (Å²) in [6.07, 6.45) is 2.10. The van der Waals surface area contributed by atoms with Crippen molar-refractivity contribution in [3.05, 3.63) is 135 Å². The standard InChI is InChI=1S/C39H30ClN3O8/c1-51-31-12-6-11-30(44)33(31)34-26-17-18-27-32(37(47)41(35(27)45)23-13-15-24(16-14-23)43(49)50)28(26)20-29-36(46)42(25-10-5-9-22(40)19-25)38(48)39(29,34)21-7-3-2-4-8-21/h2-17,19,27-29,32,34,44H,18,20H2,1H3/t27-,28+,29-,32-,34+,39+/m0/s1. The van der Waals surface area contributed by atoms with Crippen LogP contribution in [0.5, 0.6) is 11.5 Å². The average molecular weight is 704 g/mol. The van der Waals surface area contributed by atoms with Crippen molar-refractivity contribution in [2.24, 2.45) is 23.7 Å². The fourth-order valence-corrected chi connectivity index (χ4v) is 9.22. The van der Waals surface area contributed by atoms with Gasteiger partial charge in [0.25, 0.3) is 5.69 Å². The Balaban J connectivity index is 1.35. The summed E-state index contributed by atoms with van der Waals surface area (Å²) in [5.41, 5.74) is 0.216. The maximum atomic E-state index is 15.3. The lowest BCUT2D eigenvalue weighted by Gasteiger charge is -2.51. The Kier molecular flexibility index (Phi) is 7.57. The van der Waals surface area contributed by atoms with Crippen LogP contribution < -0.4 is 14.5 Å². The number of hydrogen-bond acceptors (Lipinski definition) is 8. The van der Waals surface area contributed by atoms with E-state index in [4.69, 9.17) is 16.3 Å². The predicted molar refractivity (Wildman–Crippen MR) is 186 cm³/mol. The number of amides is 4. The normalized spacial score (nSPS) is 26.8. The van der Waals surface area contributed by atoms with E-state index in [0.717, 1.165) is 9.80 Å². The first kappa shape index (κ1) is 32.4. The zero-order valence-electron chi connectivity index (χ0n) is 27.1. The lowest BCUT2D eigenvalue weighted by Crippen LogP contribution is -2.53. The van der Waals surface area contributed by atoms with Gasteiger partial charge in [-0.15, -0.1) is 0 Å². The number of allylic oxidation sites excluding steroid dienone is 2. The van der Waals surface area contributed by atoms with Crippen molar-refractivity contribution in [1.82, 2.24) is 0 Å². The van der Waals surface area contributed by atoms with Crippen LogP contribution in [0.3, 0.4) is 0 Å². The molecule has 1 saturated carbocycles. The van der Waals surface area contributed by atoms with E-state index in [1.54, 1.807) is 60.7 Å². The molecule has 8 rings (SSSR count). The number of fused-ring (bicyclic) bond motifs is 4. The zero-order chi connectivity index (χ0) is 35.8. The first-order valence-corrected chi connectivity index (χ1v) is 16.8. The number of nitrogens with zero attached hydrogens (tertiary/aromatic N) is 3. The van der Waals surface area contributed by atoms with Crippen molar-refractivity contribution in [3.8, 4) is 11.5 Å². The molecule has 4 aromatic rings. The topological polar surface area (TPSA) is 147 Å². The van der Waals surface area contributed by atoms with Gasteiger partial charge < -0.3 is 9.84 Å². The Morgan fingerprint density at radius 2 is 1.57 bits per heavy atom. The van der Waals surface area contributed by atoms with Crippen molar-refractivity contribution in [2.45, 2.75) is 24.2 Å². The number of carbonyl (C=O) groups is 4. The molecule has 12 heteroatoms. The van der Waals surface area contributed by atoms with E-state index in [9.17, 15) is 29.6 Å². The van der Waals surface area contributed by atoms with Crippen molar-refractivity contribution in [3.63, 3.8) is 0 Å². The third-order valence-electron chi connectivity index (χ3n) is 11.0. The van der Waals surface area contributed by atoms with Gasteiger partial charge in [0, 0.05) is 28.6 Å². The van der Waals surface area contributed by atoms with Crippen LogP contribution in [0, 0.1) is 33.8 Å². The smallest absolute Gasteiger partial charge is 0.269 e.